The van der Waals surface area contributed by atoms with Crippen LogP contribution in [0.5, 0.6) is 5.75 Å². The molecule has 184 valence electrons. The van der Waals surface area contributed by atoms with Gasteiger partial charge in [-0.2, -0.15) is 4.90 Å². The third kappa shape index (κ3) is 2.90. The highest BCUT2D eigenvalue weighted by Gasteiger charge is 2.76. The highest BCUT2D eigenvalue weighted by atomic mass is 79.9. The van der Waals surface area contributed by atoms with Gasteiger partial charge in [0.25, 0.3) is 11.8 Å². The molecule has 5 rings (SSSR count). The number of primary amides is 1. The molecule has 1 aromatic carbocycles. The van der Waals surface area contributed by atoms with Gasteiger partial charge >= 0.3 is 6.03 Å². The predicted molar refractivity (Wildman–Crippen MR) is 128 cm³/mol. The zero-order valence-corrected chi connectivity index (χ0v) is 21.4. The van der Waals surface area contributed by atoms with E-state index >= 15 is 0 Å². The highest BCUT2D eigenvalue weighted by molar-refractivity contribution is 9.09. The number of benzene rings is 1. The van der Waals surface area contributed by atoms with Crippen molar-refractivity contribution < 1.29 is 29.1 Å². The second-order valence-corrected chi connectivity index (χ2v) is 11.1. The second-order valence-electron chi connectivity index (χ2n) is 9.38. The van der Waals surface area contributed by atoms with Crippen LogP contribution in [0.2, 0.25) is 0 Å². The molecule has 3 fully saturated rings. The second kappa shape index (κ2) is 7.78. The van der Waals surface area contributed by atoms with Crippen LogP contribution in [-0.4, -0.2) is 59.8 Å². The number of amides is 6. The van der Waals surface area contributed by atoms with Crippen molar-refractivity contribution in [3.63, 3.8) is 0 Å². The van der Waals surface area contributed by atoms with E-state index in [4.69, 9.17) is 28.9 Å². The Kier molecular flexibility index (Phi) is 5.40. The SMILES string of the molecule is Cc1cc(C2C3=CCC4C(=O)N(C(N)=O)C(=O)C4C3CC3(Cl)C(=O)N(CBr)C(=O)C23Cl)ccc1O. The summed E-state index contributed by atoms with van der Waals surface area (Å²) in [6.45, 7) is 1.68. The molecule has 35 heavy (non-hydrogen) atoms. The van der Waals surface area contributed by atoms with Gasteiger partial charge in [-0.3, -0.25) is 24.1 Å². The molecule has 12 heteroatoms. The molecule has 3 N–H and O–H groups in total. The number of hydrogen-bond acceptors (Lipinski definition) is 6. The molecule has 0 aromatic heterocycles. The Morgan fingerprint density at radius 1 is 1.17 bits per heavy atom. The molecule has 6 atom stereocenters. The summed E-state index contributed by atoms with van der Waals surface area (Å²) in [4.78, 5) is 62.5. The lowest BCUT2D eigenvalue weighted by molar-refractivity contribution is -0.139. The summed E-state index contributed by atoms with van der Waals surface area (Å²) < 4.78 is 0. The van der Waals surface area contributed by atoms with Crippen LogP contribution < -0.4 is 5.73 Å². The van der Waals surface area contributed by atoms with Crippen LogP contribution in [0.4, 0.5) is 4.79 Å². The van der Waals surface area contributed by atoms with Crippen molar-refractivity contribution >= 4 is 68.8 Å². The predicted octanol–water partition coefficient (Wildman–Crippen LogP) is 2.49. The summed E-state index contributed by atoms with van der Waals surface area (Å²) in [5.41, 5.74) is 6.81. The fraction of sp³-hybridized carbons (Fsp3) is 0.435. The molecule has 2 aliphatic carbocycles. The smallest absolute Gasteiger partial charge is 0.328 e. The first-order valence-corrected chi connectivity index (χ1v) is 12.7. The zero-order chi connectivity index (χ0) is 25.6. The monoisotopic (exact) mass is 583 g/mol. The molecule has 6 unspecified atom stereocenters. The van der Waals surface area contributed by atoms with Crippen molar-refractivity contribution in [2.24, 2.45) is 23.5 Å². The van der Waals surface area contributed by atoms with E-state index in [1.54, 1.807) is 25.1 Å². The maximum Gasteiger partial charge on any atom is 0.328 e. The molecule has 1 aromatic rings. The topological polar surface area (TPSA) is 138 Å². The molecule has 2 heterocycles. The van der Waals surface area contributed by atoms with Crippen molar-refractivity contribution in [3.8, 4) is 5.75 Å². The van der Waals surface area contributed by atoms with E-state index in [1.807, 2.05) is 0 Å². The number of rotatable bonds is 2. The van der Waals surface area contributed by atoms with Crippen molar-refractivity contribution in [3.05, 3.63) is 41.0 Å². The van der Waals surface area contributed by atoms with E-state index in [0.717, 1.165) is 4.90 Å². The number of phenols is 1. The van der Waals surface area contributed by atoms with Crippen molar-refractivity contribution in [2.45, 2.75) is 35.4 Å². The maximum absolute atomic E-state index is 13.6. The molecular formula is C23H20BrCl2N3O6. The summed E-state index contributed by atoms with van der Waals surface area (Å²) in [6, 6.07) is 3.54. The number of hydrogen-bond donors (Lipinski definition) is 2. The number of phenolic OH excluding ortho intramolecular Hbond substituents is 1. The summed E-state index contributed by atoms with van der Waals surface area (Å²) in [7, 11) is 0. The van der Waals surface area contributed by atoms with Gasteiger partial charge in [0.05, 0.1) is 17.3 Å². The molecule has 9 nitrogen and oxygen atoms in total. The zero-order valence-electron chi connectivity index (χ0n) is 18.3. The van der Waals surface area contributed by atoms with Crippen LogP contribution in [0, 0.1) is 24.7 Å². The number of halogens is 3. The third-order valence-corrected chi connectivity index (χ3v) is 9.70. The van der Waals surface area contributed by atoms with E-state index in [2.05, 4.69) is 15.9 Å². The van der Waals surface area contributed by atoms with E-state index in [1.165, 1.54) is 6.07 Å². The first-order valence-electron chi connectivity index (χ1n) is 10.9. The van der Waals surface area contributed by atoms with E-state index in [0.29, 0.717) is 21.6 Å². The summed E-state index contributed by atoms with van der Waals surface area (Å²) in [5.74, 6) is -6.30. The summed E-state index contributed by atoms with van der Waals surface area (Å²) in [5, 5.41) is 10.1. The lowest BCUT2D eigenvalue weighted by Crippen LogP contribution is -2.60. The number of urea groups is 1. The van der Waals surface area contributed by atoms with Gasteiger partial charge in [0.1, 0.15) is 5.75 Å². The van der Waals surface area contributed by atoms with Crippen LogP contribution in [-0.2, 0) is 19.2 Å². The minimum atomic E-state index is -1.93. The minimum Gasteiger partial charge on any atom is -0.508 e. The standard InChI is InChI=1S/C23H20BrCl2N3O6/c1-9-6-10(2-5-14(9)30)16-11-3-4-12-15(18(32)29(17(12)31)21(27)35)13(11)7-22(25)19(33)28(8-24)20(34)23(16,22)26/h2-3,5-6,12-13,15-16,30H,4,7-8H2,1H3,(H2,27,35). The van der Waals surface area contributed by atoms with Gasteiger partial charge < -0.3 is 10.8 Å². The number of imide groups is 4. The number of likely N-dealkylation sites (tertiary alicyclic amines) is 2. The maximum atomic E-state index is 13.6. The molecule has 2 aliphatic heterocycles. The number of nitrogens with zero attached hydrogens (tertiary/aromatic N) is 2. The fourth-order valence-electron chi connectivity index (χ4n) is 6.20. The van der Waals surface area contributed by atoms with Gasteiger partial charge in [0.2, 0.25) is 11.8 Å². The Morgan fingerprint density at radius 3 is 2.46 bits per heavy atom. The van der Waals surface area contributed by atoms with Gasteiger partial charge in [-0.1, -0.05) is 39.7 Å². The van der Waals surface area contributed by atoms with Gasteiger partial charge in [0, 0.05) is 5.92 Å². The summed E-state index contributed by atoms with van der Waals surface area (Å²) in [6.07, 6.45) is 1.70. The number of nitrogens with two attached hydrogens (primary N) is 1. The summed E-state index contributed by atoms with van der Waals surface area (Å²) >= 11 is 17.3. The lowest BCUT2D eigenvalue weighted by atomic mass is 9.56. The number of carbonyl (C=O) groups is 5. The molecule has 0 bridgehead atoms. The van der Waals surface area contributed by atoms with Gasteiger partial charge in [-0.05, 0) is 42.9 Å². The van der Waals surface area contributed by atoms with E-state index in [-0.39, 0.29) is 24.0 Å². The van der Waals surface area contributed by atoms with Crippen molar-refractivity contribution in [1.82, 2.24) is 9.80 Å². The Hall–Kier alpha value is -2.43. The van der Waals surface area contributed by atoms with Crippen LogP contribution in [0.15, 0.2) is 29.8 Å². The minimum absolute atomic E-state index is 0.0316. The van der Waals surface area contributed by atoms with E-state index < -0.39 is 63.1 Å². The lowest BCUT2D eigenvalue weighted by Gasteiger charge is -2.50. The molecule has 6 amide bonds. The van der Waals surface area contributed by atoms with Gasteiger partial charge in [-0.25, -0.2) is 4.79 Å². The number of allylic oxidation sites excluding steroid dienone is 2. The number of aryl methyl sites for hydroxylation is 1. The Labute approximate surface area is 218 Å². The van der Waals surface area contributed by atoms with Crippen LogP contribution in [0.25, 0.3) is 0 Å². The fourth-order valence-corrected chi connectivity index (χ4v) is 7.63. The average Bonchev–Trinajstić information content (AvgIpc) is 3.14. The molecule has 1 saturated carbocycles. The molecule has 0 spiro atoms. The van der Waals surface area contributed by atoms with Gasteiger partial charge in [-0.15, -0.1) is 23.2 Å². The Morgan fingerprint density at radius 2 is 1.86 bits per heavy atom. The molecule has 4 aliphatic rings. The quantitative estimate of drug-likeness (QED) is 0.237. The number of carbonyl (C=O) groups excluding carboxylic acids is 5. The Balaban J connectivity index is 1.74. The highest BCUT2D eigenvalue weighted by Crippen LogP contribution is 2.65. The van der Waals surface area contributed by atoms with Crippen LogP contribution >= 0.6 is 39.1 Å². The molecular weight excluding hydrogens is 565 g/mol. The third-order valence-electron chi connectivity index (χ3n) is 7.79. The molecule has 2 saturated heterocycles. The number of alkyl halides is 3. The normalized spacial score (nSPS) is 36.2. The number of aromatic hydroxyl groups is 1. The van der Waals surface area contributed by atoms with Crippen molar-refractivity contribution in [1.29, 1.82) is 0 Å². The van der Waals surface area contributed by atoms with Crippen molar-refractivity contribution in [2.75, 3.05) is 5.45 Å². The largest absolute Gasteiger partial charge is 0.508 e. The van der Waals surface area contributed by atoms with Crippen LogP contribution in [0.1, 0.15) is 29.9 Å². The average molecular weight is 585 g/mol. The Bertz CT molecular complexity index is 1270. The first-order chi connectivity index (χ1) is 16.4. The molecule has 0 radical (unpaired) electrons. The van der Waals surface area contributed by atoms with E-state index in [9.17, 15) is 29.1 Å². The number of fused-ring (bicyclic) bond motifs is 4. The van der Waals surface area contributed by atoms with Crippen LogP contribution in [0.3, 0.4) is 0 Å². The van der Waals surface area contributed by atoms with Gasteiger partial charge in [0.15, 0.2) is 9.75 Å². The first kappa shape index (κ1) is 24.3.